The van der Waals surface area contributed by atoms with Crippen molar-refractivity contribution in [3.8, 4) is 5.82 Å². The number of hydrogen-bond acceptors (Lipinski definition) is 6. The van der Waals surface area contributed by atoms with Crippen molar-refractivity contribution in [2.75, 3.05) is 4.72 Å². The van der Waals surface area contributed by atoms with Gasteiger partial charge in [-0.2, -0.15) is 5.10 Å². The lowest BCUT2D eigenvalue weighted by Gasteiger charge is -2.06. The zero-order valence-electron chi connectivity index (χ0n) is 10.0. The topological polar surface area (TPSA) is 89.8 Å². The number of thiophene rings is 1. The quantitative estimate of drug-likeness (QED) is 0.789. The van der Waals surface area contributed by atoms with Gasteiger partial charge in [0.15, 0.2) is 5.82 Å². The highest BCUT2D eigenvalue weighted by atomic mass is 32.2. The van der Waals surface area contributed by atoms with Crippen molar-refractivity contribution in [3.05, 3.63) is 48.5 Å². The van der Waals surface area contributed by atoms with Crippen molar-refractivity contribution >= 4 is 27.0 Å². The zero-order valence-corrected chi connectivity index (χ0v) is 11.7. The molecule has 0 aliphatic heterocycles. The number of nitrogens with zero attached hydrogens (tertiary/aromatic N) is 4. The molecule has 9 heteroatoms. The average molecular weight is 307 g/mol. The molecule has 0 saturated heterocycles. The number of pyridine rings is 1. The van der Waals surface area contributed by atoms with Crippen molar-refractivity contribution in [1.29, 1.82) is 0 Å². The number of rotatable bonds is 4. The fourth-order valence-corrected chi connectivity index (χ4v) is 3.57. The van der Waals surface area contributed by atoms with Gasteiger partial charge in [-0.15, -0.1) is 11.3 Å². The minimum Gasteiger partial charge on any atom is -0.277 e. The first-order valence-electron chi connectivity index (χ1n) is 5.52. The van der Waals surface area contributed by atoms with Gasteiger partial charge in [-0.1, -0.05) is 6.07 Å². The molecule has 20 heavy (non-hydrogen) atoms. The largest absolute Gasteiger partial charge is 0.277 e. The van der Waals surface area contributed by atoms with Gasteiger partial charge in [0.1, 0.15) is 16.9 Å². The predicted molar refractivity (Wildman–Crippen MR) is 74.3 cm³/mol. The molecule has 0 saturated carbocycles. The predicted octanol–water partition coefficient (Wildman–Crippen LogP) is 1.52. The van der Waals surface area contributed by atoms with E-state index in [0.717, 1.165) is 11.3 Å². The number of aromatic nitrogens is 4. The van der Waals surface area contributed by atoms with Gasteiger partial charge in [0, 0.05) is 0 Å². The fraction of sp³-hybridized carbons (Fsp3) is 0. The third-order valence-electron chi connectivity index (χ3n) is 2.41. The number of hydrogen-bond donors (Lipinski definition) is 1. The van der Waals surface area contributed by atoms with E-state index in [2.05, 4.69) is 19.8 Å². The van der Waals surface area contributed by atoms with Crippen molar-refractivity contribution in [2.45, 2.75) is 4.21 Å². The molecular weight excluding hydrogens is 298 g/mol. The fourth-order valence-electron chi connectivity index (χ4n) is 1.53. The van der Waals surface area contributed by atoms with Gasteiger partial charge in [-0.3, -0.25) is 4.72 Å². The van der Waals surface area contributed by atoms with Crippen LogP contribution < -0.4 is 4.72 Å². The van der Waals surface area contributed by atoms with Crippen LogP contribution in [-0.2, 0) is 10.0 Å². The summed E-state index contributed by atoms with van der Waals surface area (Å²) >= 11 is 1.16. The summed E-state index contributed by atoms with van der Waals surface area (Å²) in [6, 6.07) is 6.51. The molecule has 0 unspecified atom stereocenters. The molecule has 1 N–H and O–H groups in total. The molecular formula is C11H9N5O2S2. The van der Waals surface area contributed by atoms with Gasteiger partial charge in [0.2, 0.25) is 0 Å². The standard InChI is InChI=1S/C11H9N5O2S2/c17-20(18,11-2-1-5-19-11)15-9-3-4-10(13-6-9)16-8-12-7-14-16/h1-8,15H. The van der Waals surface area contributed by atoms with Crippen LogP contribution in [0.1, 0.15) is 0 Å². The average Bonchev–Trinajstić information content (AvgIpc) is 3.13. The van der Waals surface area contributed by atoms with E-state index in [1.165, 1.54) is 23.5 Å². The van der Waals surface area contributed by atoms with Crippen LogP contribution in [0.3, 0.4) is 0 Å². The minimum atomic E-state index is -3.54. The molecule has 0 fully saturated rings. The van der Waals surface area contributed by atoms with Gasteiger partial charge >= 0.3 is 0 Å². The molecule has 0 aliphatic rings. The van der Waals surface area contributed by atoms with Gasteiger partial charge in [0.05, 0.1) is 11.9 Å². The first kappa shape index (κ1) is 12.8. The highest BCUT2D eigenvalue weighted by Crippen LogP contribution is 2.20. The minimum absolute atomic E-state index is 0.262. The second-order valence-electron chi connectivity index (χ2n) is 3.78. The van der Waals surface area contributed by atoms with E-state index in [1.54, 1.807) is 29.6 Å². The lowest BCUT2D eigenvalue weighted by atomic mass is 10.4. The Labute approximate surface area is 119 Å². The molecule has 3 rings (SSSR count). The summed E-state index contributed by atoms with van der Waals surface area (Å²) in [6.45, 7) is 0. The van der Waals surface area contributed by atoms with Gasteiger partial charge < -0.3 is 0 Å². The SMILES string of the molecule is O=S(=O)(Nc1ccc(-n2cncn2)nc1)c1cccs1. The van der Waals surface area contributed by atoms with Crippen molar-refractivity contribution in [1.82, 2.24) is 19.7 Å². The maximum absolute atomic E-state index is 12.0. The molecule has 0 radical (unpaired) electrons. The highest BCUT2D eigenvalue weighted by molar-refractivity contribution is 7.94. The van der Waals surface area contributed by atoms with Crippen molar-refractivity contribution < 1.29 is 8.42 Å². The van der Waals surface area contributed by atoms with Crippen LogP contribution in [0.25, 0.3) is 5.82 Å². The summed E-state index contributed by atoms with van der Waals surface area (Å²) < 4.78 is 28.3. The first-order chi connectivity index (χ1) is 9.65. The van der Waals surface area contributed by atoms with E-state index in [9.17, 15) is 8.42 Å². The van der Waals surface area contributed by atoms with Crippen LogP contribution in [0.5, 0.6) is 0 Å². The number of anilines is 1. The van der Waals surface area contributed by atoms with Crippen LogP contribution in [0.15, 0.2) is 52.7 Å². The van der Waals surface area contributed by atoms with E-state index < -0.39 is 10.0 Å². The third kappa shape index (κ3) is 2.53. The van der Waals surface area contributed by atoms with Crippen molar-refractivity contribution in [3.63, 3.8) is 0 Å². The molecule has 0 amide bonds. The molecule has 0 aromatic carbocycles. The normalized spacial score (nSPS) is 11.4. The van der Waals surface area contributed by atoms with E-state index >= 15 is 0 Å². The highest BCUT2D eigenvalue weighted by Gasteiger charge is 2.15. The summed E-state index contributed by atoms with van der Waals surface area (Å²) in [4.78, 5) is 7.94. The van der Waals surface area contributed by atoms with Crippen LogP contribution >= 0.6 is 11.3 Å². The van der Waals surface area contributed by atoms with Crippen molar-refractivity contribution in [2.24, 2.45) is 0 Å². The Kier molecular flexibility index (Phi) is 3.20. The smallest absolute Gasteiger partial charge is 0.271 e. The Bertz CT molecular complexity index is 780. The molecule has 3 heterocycles. The van der Waals surface area contributed by atoms with Crippen LogP contribution in [0, 0.1) is 0 Å². The molecule has 3 aromatic rings. The summed E-state index contributed by atoms with van der Waals surface area (Å²) in [5.41, 5.74) is 0.391. The Morgan fingerprint density at radius 3 is 2.75 bits per heavy atom. The first-order valence-corrected chi connectivity index (χ1v) is 7.89. The third-order valence-corrected chi connectivity index (χ3v) is 5.19. The molecule has 7 nitrogen and oxygen atoms in total. The van der Waals surface area contributed by atoms with E-state index in [4.69, 9.17) is 0 Å². The Balaban J connectivity index is 1.83. The monoisotopic (exact) mass is 307 g/mol. The molecule has 102 valence electrons. The second-order valence-corrected chi connectivity index (χ2v) is 6.64. The Hall–Kier alpha value is -2.26. The summed E-state index contributed by atoms with van der Waals surface area (Å²) in [5.74, 6) is 0.557. The second kappa shape index (κ2) is 5.02. The Morgan fingerprint density at radius 2 is 2.15 bits per heavy atom. The molecule has 0 atom stereocenters. The summed E-state index contributed by atoms with van der Waals surface area (Å²) in [7, 11) is -3.54. The number of sulfonamides is 1. The van der Waals surface area contributed by atoms with Crippen LogP contribution in [0.4, 0.5) is 5.69 Å². The summed E-state index contributed by atoms with van der Waals surface area (Å²) in [6.07, 6.45) is 4.34. The lowest BCUT2D eigenvalue weighted by Crippen LogP contribution is -2.11. The van der Waals surface area contributed by atoms with E-state index in [1.807, 2.05) is 0 Å². The lowest BCUT2D eigenvalue weighted by molar-refractivity contribution is 0.603. The van der Waals surface area contributed by atoms with Gasteiger partial charge in [-0.25, -0.2) is 23.1 Å². The Morgan fingerprint density at radius 1 is 1.25 bits per heavy atom. The molecule has 0 spiro atoms. The van der Waals surface area contributed by atoms with Gasteiger partial charge in [-0.05, 0) is 23.6 Å². The van der Waals surface area contributed by atoms with Crippen LogP contribution in [-0.4, -0.2) is 28.2 Å². The van der Waals surface area contributed by atoms with E-state index in [-0.39, 0.29) is 4.21 Å². The molecule has 0 aliphatic carbocycles. The number of nitrogens with one attached hydrogen (secondary N) is 1. The maximum atomic E-state index is 12.0. The van der Waals surface area contributed by atoms with Gasteiger partial charge in [0.25, 0.3) is 10.0 Å². The van der Waals surface area contributed by atoms with Crippen LogP contribution in [0.2, 0.25) is 0 Å². The molecule has 0 bridgehead atoms. The molecule has 3 aromatic heterocycles. The maximum Gasteiger partial charge on any atom is 0.271 e. The zero-order chi connectivity index (χ0) is 14.0. The van der Waals surface area contributed by atoms with E-state index in [0.29, 0.717) is 11.5 Å². The summed E-state index contributed by atoms with van der Waals surface area (Å²) in [5, 5.41) is 5.65.